The van der Waals surface area contributed by atoms with E-state index in [1.165, 1.54) is 11.3 Å². The smallest absolute Gasteiger partial charge is 0.261 e. The van der Waals surface area contributed by atoms with Crippen LogP contribution in [0.3, 0.4) is 0 Å². The van der Waals surface area contributed by atoms with Crippen LogP contribution >= 0.6 is 0 Å². The standard InChI is InChI=1S/C25H29N3O3/c1-17-12-18(2)15-27(14-17)11-10-26-23(29)20-7-5-6-19(13-20)16-28-24(30)21-8-3-4-9-22(21)25(28)31/h3-9,13,17-18H,10-12,14-16H2,1-2H3,(H,26,29). The third kappa shape index (κ3) is 4.69. The summed E-state index contributed by atoms with van der Waals surface area (Å²) in [5.41, 5.74) is 2.15. The van der Waals surface area contributed by atoms with Crippen molar-refractivity contribution >= 4 is 17.7 Å². The summed E-state index contributed by atoms with van der Waals surface area (Å²) >= 11 is 0. The Bertz CT molecular complexity index is 958. The summed E-state index contributed by atoms with van der Waals surface area (Å²) in [6.45, 7) is 8.31. The molecule has 0 spiro atoms. The molecular weight excluding hydrogens is 390 g/mol. The monoisotopic (exact) mass is 419 g/mol. The molecule has 0 bridgehead atoms. The molecule has 3 amide bonds. The zero-order chi connectivity index (χ0) is 22.0. The molecule has 1 N–H and O–H groups in total. The van der Waals surface area contributed by atoms with Crippen LogP contribution in [0.2, 0.25) is 0 Å². The number of hydrogen-bond donors (Lipinski definition) is 1. The van der Waals surface area contributed by atoms with E-state index in [0.717, 1.165) is 25.2 Å². The van der Waals surface area contributed by atoms with Gasteiger partial charge in [0.1, 0.15) is 0 Å². The first-order valence-electron chi connectivity index (χ1n) is 11.0. The quantitative estimate of drug-likeness (QED) is 0.730. The second-order valence-electron chi connectivity index (χ2n) is 8.90. The molecule has 2 atom stereocenters. The highest BCUT2D eigenvalue weighted by Crippen LogP contribution is 2.24. The first-order valence-corrected chi connectivity index (χ1v) is 11.0. The zero-order valence-electron chi connectivity index (χ0n) is 18.1. The van der Waals surface area contributed by atoms with Crippen LogP contribution in [0.15, 0.2) is 48.5 Å². The molecule has 162 valence electrons. The minimum absolute atomic E-state index is 0.137. The second kappa shape index (κ2) is 9.02. The summed E-state index contributed by atoms with van der Waals surface area (Å²) in [5, 5.41) is 3.00. The molecule has 31 heavy (non-hydrogen) atoms. The lowest BCUT2D eigenvalue weighted by atomic mass is 9.92. The number of nitrogens with zero attached hydrogens (tertiary/aromatic N) is 2. The van der Waals surface area contributed by atoms with Gasteiger partial charge in [0.05, 0.1) is 17.7 Å². The van der Waals surface area contributed by atoms with E-state index in [-0.39, 0.29) is 24.3 Å². The van der Waals surface area contributed by atoms with Gasteiger partial charge in [-0.25, -0.2) is 0 Å². The number of amides is 3. The van der Waals surface area contributed by atoms with Crippen molar-refractivity contribution in [3.05, 3.63) is 70.8 Å². The molecule has 0 aliphatic carbocycles. The van der Waals surface area contributed by atoms with Gasteiger partial charge in [0, 0.05) is 31.7 Å². The maximum Gasteiger partial charge on any atom is 0.261 e. The Morgan fingerprint density at radius 3 is 2.26 bits per heavy atom. The van der Waals surface area contributed by atoms with Gasteiger partial charge in [-0.1, -0.05) is 38.1 Å². The van der Waals surface area contributed by atoms with Gasteiger partial charge >= 0.3 is 0 Å². The van der Waals surface area contributed by atoms with E-state index in [1.807, 2.05) is 6.07 Å². The Labute approximate surface area is 183 Å². The summed E-state index contributed by atoms with van der Waals surface area (Å²) < 4.78 is 0. The summed E-state index contributed by atoms with van der Waals surface area (Å²) in [4.78, 5) is 41.5. The van der Waals surface area contributed by atoms with E-state index in [2.05, 4.69) is 24.1 Å². The number of fused-ring (bicyclic) bond motifs is 1. The third-order valence-electron chi connectivity index (χ3n) is 6.07. The molecule has 2 aliphatic heterocycles. The molecule has 0 aromatic heterocycles. The number of imide groups is 1. The van der Waals surface area contributed by atoms with Gasteiger partial charge in [-0.3, -0.25) is 19.3 Å². The minimum Gasteiger partial charge on any atom is -0.351 e. The summed E-state index contributed by atoms with van der Waals surface area (Å²) in [6.07, 6.45) is 1.27. The topological polar surface area (TPSA) is 69.7 Å². The first-order chi connectivity index (χ1) is 14.9. The molecule has 2 unspecified atom stereocenters. The SMILES string of the molecule is CC1CC(C)CN(CCNC(=O)c2cccc(CN3C(=O)c4ccccc4C3=O)c2)C1. The molecule has 2 aromatic rings. The second-order valence-corrected chi connectivity index (χ2v) is 8.90. The predicted octanol–water partition coefficient (Wildman–Crippen LogP) is 3.19. The molecule has 2 heterocycles. The van der Waals surface area contributed by atoms with E-state index in [4.69, 9.17) is 0 Å². The van der Waals surface area contributed by atoms with Gasteiger partial charge in [-0.15, -0.1) is 0 Å². The molecule has 6 nitrogen and oxygen atoms in total. The van der Waals surface area contributed by atoms with Crippen LogP contribution in [0.1, 0.15) is 56.9 Å². The average molecular weight is 420 g/mol. The van der Waals surface area contributed by atoms with Crippen molar-refractivity contribution in [2.45, 2.75) is 26.8 Å². The number of carbonyl (C=O) groups excluding carboxylic acids is 3. The minimum atomic E-state index is -0.291. The van der Waals surface area contributed by atoms with Crippen LogP contribution in [0.25, 0.3) is 0 Å². The van der Waals surface area contributed by atoms with Crippen molar-refractivity contribution in [1.82, 2.24) is 15.1 Å². The fourth-order valence-electron chi connectivity index (χ4n) is 4.78. The van der Waals surface area contributed by atoms with Gasteiger partial charge < -0.3 is 10.2 Å². The summed E-state index contributed by atoms with van der Waals surface area (Å²) in [5.74, 6) is 0.666. The number of rotatable bonds is 6. The number of hydrogen-bond acceptors (Lipinski definition) is 4. The Hall–Kier alpha value is -2.99. The number of piperidine rings is 1. The highest BCUT2D eigenvalue weighted by molar-refractivity contribution is 6.21. The van der Waals surface area contributed by atoms with Gasteiger partial charge in [0.15, 0.2) is 0 Å². The lowest BCUT2D eigenvalue weighted by molar-refractivity contribution is 0.0642. The highest BCUT2D eigenvalue weighted by Gasteiger charge is 2.35. The highest BCUT2D eigenvalue weighted by atomic mass is 16.2. The van der Waals surface area contributed by atoms with Crippen LogP contribution in [-0.2, 0) is 6.54 Å². The Morgan fingerprint density at radius 1 is 0.968 bits per heavy atom. The van der Waals surface area contributed by atoms with E-state index >= 15 is 0 Å². The third-order valence-corrected chi connectivity index (χ3v) is 6.07. The van der Waals surface area contributed by atoms with Gasteiger partial charge in [0.25, 0.3) is 17.7 Å². The van der Waals surface area contributed by atoms with Crippen molar-refractivity contribution < 1.29 is 14.4 Å². The number of carbonyl (C=O) groups is 3. The molecule has 1 fully saturated rings. The van der Waals surface area contributed by atoms with Crippen LogP contribution in [-0.4, -0.2) is 53.7 Å². The van der Waals surface area contributed by atoms with Crippen LogP contribution in [0, 0.1) is 11.8 Å². The van der Waals surface area contributed by atoms with Gasteiger partial charge in [-0.2, -0.15) is 0 Å². The van der Waals surface area contributed by atoms with Crippen molar-refractivity contribution in [2.24, 2.45) is 11.8 Å². The summed E-state index contributed by atoms with van der Waals surface area (Å²) in [6, 6.07) is 14.0. The first kappa shape index (κ1) is 21.2. The van der Waals surface area contributed by atoms with Gasteiger partial charge in [0.2, 0.25) is 0 Å². The van der Waals surface area contributed by atoms with Gasteiger partial charge in [-0.05, 0) is 48.1 Å². The largest absolute Gasteiger partial charge is 0.351 e. The molecule has 2 aromatic carbocycles. The molecule has 4 rings (SSSR count). The van der Waals surface area contributed by atoms with E-state index in [9.17, 15) is 14.4 Å². The van der Waals surface area contributed by atoms with Crippen molar-refractivity contribution in [3.8, 4) is 0 Å². The molecule has 1 saturated heterocycles. The van der Waals surface area contributed by atoms with Crippen LogP contribution in [0.4, 0.5) is 0 Å². The lowest BCUT2D eigenvalue weighted by Gasteiger charge is -2.34. The number of likely N-dealkylation sites (tertiary alicyclic amines) is 1. The lowest BCUT2D eigenvalue weighted by Crippen LogP contribution is -2.42. The number of benzene rings is 2. The normalized spacial score (nSPS) is 21.3. The Morgan fingerprint density at radius 2 is 1.61 bits per heavy atom. The maximum absolute atomic E-state index is 12.6. The molecule has 0 radical (unpaired) electrons. The molecule has 6 heteroatoms. The van der Waals surface area contributed by atoms with E-state index < -0.39 is 0 Å². The van der Waals surface area contributed by atoms with E-state index in [1.54, 1.807) is 42.5 Å². The van der Waals surface area contributed by atoms with Crippen LogP contribution < -0.4 is 5.32 Å². The van der Waals surface area contributed by atoms with E-state index in [0.29, 0.717) is 35.1 Å². The fraction of sp³-hybridized carbons (Fsp3) is 0.400. The van der Waals surface area contributed by atoms with Crippen molar-refractivity contribution in [2.75, 3.05) is 26.2 Å². The Balaban J connectivity index is 1.35. The summed E-state index contributed by atoms with van der Waals surface area (Å²) in [7, 11) is 0. The average Bonchev–Trinajstić information content (AvgIpc) is 2.98. The molecular formula is C25H29N3O3. The van der Waals surface area contributed by atoms with Crippen molar-refractivity contribution in [3.63, 3.8) is 0 Å². The Kier molecular flexibility index (Phi) is 6.18. The molecule has 0 saturated carbocycles. The van der Waals surface area contributed by atoms with Crippen LogP contribution in [0.5, 0.6) is 0 Å². The number of nitrogens with one attached hydrogen (secondary N) is 1. The zero-order valence-corrected chi connectivity index (χ0v) is 18.1. The van der Waals surface area contributed by atoms with Crippen molar-refractivity contribution in [1.29, 1.82) is 0 Å². The molecule has 2 aliphatic rings. The fourth-order valence-corrected chi connectivity index (χ4v) is 4.78. The predicted molar refractivity (Wildman–Crippen MR) is 119 cm³/mol. The maximum atomic E-state index is 12.6.